The van der Waals surface area contributed by atoms with Crippen molar-refractivity contribution >= 4 is 17.9 Å². The zero-order valence-electron chi connectivity index (χ0n) is 21.4. The number of nitrogens with one attached hydrogen (secondary N) is 1. The summed E-state index contributed by atoms with van der Waals surface area (Å²) in [6.45, 7) is 10.0. The molecule has 3 amide bonds. The van der Waals surface area contributed by atoms with Gasteiger partial charge in [0.25, 0.3) is 0 Å². The number of ether oxygens (including phenoxy) is 1. The Bertz CT molecular complexity index is 889. The van der Waals surface area contributed by atoms with E-state index in [4.69, 9.17) is 4.74 Å². The molecular weight excluding hydrogens is 444 g/mol. The Balaban J connectivity index is 1.38. The normalized spacial score (nSPS) is 20.3. The van der Waals surface area contributed by atoms with E-state index in [-0.39, 0.29) is 18.2 Å². The van der Waals surface area contributed by atoms with E-state index >= 15 is 0 Å². The second kappa shape index (κ2) is 11.0. The first-order valence-electron chi connectivity index (χ1n) is 13.1. The highest BCUT2D eigenvalue weighted by molar-refractivity contribution is 5.91. The van der Waals surface area contributed by atoms with E-state index < -0.39 is 17.7 Å². The van der Waals surface area contributed by atoms with Gasteiger partial charge in [0.15, 0.2) is 0 Å². The van der Waals surface area contributed by atoms with Crippen LogP contribution in [-0.4, -0.2) is 76.5 Å². The molecule has 0 radical (unpaired) electrons. The maximum atomic E-state index is 13.5. The van der Waals surface area contributed by atoms with Crippen LogP contribution in [0.15, 0.2) is 24.3 Å². The lowest BCUT2D eigenvalue weighted by atomic mass is 9.99. The Hall–Kier alpha value is -2.61. The summed E-state index contributed by atoms with van der Waals surface area (Å²) in [6, 6.07) is 7.53. The Morgan fingerprint density at radius 1 is 0.943 bits per heavy atom. The summed E-state index contributed by atoms with van der Waals surface area (Å²) in [5.74, 6) is -0.336. The van der Waals surface area contributed by atoms with Gasteiger partial charge in [0, 0.05) is 32.2 Å². The third kappa shape index (κ3) is 6.75. The molecule has 0 aliphatic carbocycles. The second-order valence-electron chi connectivity index (χ2n) is 11.1. The molecule has 8 nitrogen and oxygen atoms in total. The van der Waals surface area contributed by atoms with Crippen molar-refractivity contribution in [3.63, 3.8) is 0 Å². The number of benzene rings is 1. The topological polar surface area (TPSA) is 82.2 Å². The Labute approximate surface area is 209 Å². The molecule has 1 aromatic rings. The van der Waals surface area contributed by atoms with Gasteiger partial charge in [0.1, 0.15) is 11.6 Å². The van der Waals surface area contributed by atoms with E-state index in [9.17, 15) is 14.4 Å². The number of carbonyl (C=O) groups excluding carboxylic acids is 3. The Morgan fingerprint density at radius 2 is 1.54 bits per heavy atom. The van der Waals surface area contributed by atoms with Crippen LogP contribution in [0.3, 0.4) is 0 Å². The molecule has 4 rings (SSSR count). The van der Waals surface area contributed by atoms with Crippen molar-refractivity contribution in [3.8, 4) is 0 Å². The van der Waals surface area contributed by atoms with Crippen molar-refractivity contribution in [2.24, 2.45) is 0 Å². The van der Waals surface area contributed by atoms with Crippen LogP contribution in [0.5, 0.6) is 0 Å². The van der Waals surface area contributed by atoms with Crippen LogP contribution in [0.2, 0.25) is 0 Å². The van der Waals surface area contributed by atoms with Gasteiger partial charge in [-0.1, -0.05) is 30.7 Å². The van der Waals surface area contributed by atoms with Crippen molar-refractivity contribution < 1.29 is 19.1 Å². The average Bonchev–Trinajstić information content (AvgIpc) is 3.27. The Kier molecular flexibility index (Phi) is 7.99. The lowest BCUT2D eigenvalue weighted by molar-refractivity contribution is -0.140. The van der Waals surface area contributed by atoms with Crippen molar-refractivity contribution in [2.75, 3.05) is 26.2 Å². The van der Waals surface area contributed by atoms with Crippen molar-refractivity contribution in [2.45, 2.75) is 90.1 Å². The SMILES string of the molecule is CC(C)(C)OC(=O)N[C@@H](CC(=O)N1CCC(N2CCCCC2)CC1)C(=O)N1Cc2ccccc2C1. The summed E-state index contributed by atoms with van der Waals surface area (Å²) in [7, 11) is 0. The van der Waals surface area contributed by atoms with Crippen molar-refractivity contribution in [1.29, 1.82) is 0 Å². The molecule has 3 aliphatic rings. The lowest BCUT2D eigenvalue weighted by Gasteiger charge is -2.40. The molecule has 35 heavy (non-hydrogen) atoms. The third-order valence-corrected chi connectivity index (χ3v) is 7.24. The second-order valence-corrected chi connectivity index (χ2v) is 11.1. The molecule has 2 saturated heterocycles. The zero-order chi connectivity index (χ0) is 25.0. The fourth-order valence-electron chi connectivity index (χ4n) is 5.43. The van der Waals surface area contributed by atoms with Crippen molar-refractivity contribution in [1.82, 2.24) is 20.0 Å². The fraction of sp³-hybridized carbons (Fsp3) is 0.667. The summed E-state index contributed by atoms with van der Waals surface area (Å²) >= 11 is 0. The summed E-state index contributed by atoms with van der Waals surface area (Å²) in [4.78, 5) is 45.4. The van der Waals surface area contributed by atoms with Gasteiger partial charge in [0.2, 0.25) is 11.8 Å². The minimum atomic E-state index is -0.952. The van der Waals surface area contributed by atoms with Gasteiger partial charge >= 0.3 is 6.09 Å². The summed E-state index contributed by atoms with van der Waals surface area (Å²) in [6.07, 6.45) is 5.04. The molecule has 1 N–H and O–H groups in total. The number of piperidine rings is 2. The molecular formula is C27H40N4O4. The summed E-state index contributed by atoms with van der Waals surface area (Å²) < 4.78 is 5.40. The molecule has 1 atom stereocenters. The smallest absolute Gasteiger partial charge is 0.408 e. The van der Waals surface area contributed by atoms with Gasteiger partial charge in [-0.3, -0.25) is 9.59 Å². The highest BCUT2D eigenvalue weighted by atomic mass is 16.6. The number of alkyl carbamates (subject to hydrolysis) is 1. The van der Waals surface area contributed by atoms with Gasteiger partial charge in [-0.05, 0) is 70.7 Å². The van der Waals surface area contributed by atoms with Gasteiger partial charge in [-0.25, -0.2) is 4.79 Å². The lowest BCUT2D eigenvalue weighted by Crippen LogP contribution is -2.52. The van der Waals surface area contributed by atoms with E-state index in [0.717, 1.165) is 37.1 Å². The average molecular weight is 485 g/mol. The van der Waals surface area contributed by atoms with Gasteiger partial charge in [-0.2, -0.15) is 0 Å². The highest BCUT2D eigenvalue weighted by Crippen LogP contribution is 2.25. The van der Waals surface area contributed by atoms with E-state index in [1.165, 1.54) is 19.3 Å². The van der Waals surface area contributed by atoms with E-state index in [1.54, 1.807) is 25.7 Å². The number of hydrogen-bond acceptors (Lipinski definition) is 5. The Morgan fingerprint density at radius 3 is 2.11 bits per heavy atom. The van der Waals surface area contributed by atoms with Crippen LogP contribution < -0.4 is 5.32 Å². The molecule has 0 unspecified atom stereocenters. The predicted molar refractivity (Wildman–Crippen MR) is 133 cm³/mol. The van der Waals surface area contributed by atoms with Crippen LogP contribution in [0.1, 0.15) is 70.4 Å². The molecule has 0 spiro atoms. The number of rotatable bonds is 5. The molecule has 192 valence electrons. The molecule has 3 heterocycles. The van der Waals surface area contributed by atoms with Crippen molar-refractivity contribution in [3.05, 3.63) is 35.4 Å². The molecule has 0 bridgehead atoms. The molecule has 2 fully saturated rings. The fourth-order valence-corrected chi connectivity index (χ4v) is 5.43. The summed E-state index contributed by atoms with van der Waals surface area (Å²) in [5, 5.41) is 2.70. The van der Waals surface area contributed by atoms with E-state index in [0.29, 0.717) is 32.2 Å². The number of hydrogen-bond donors (Lipinski definition) is 1. The van der Waals surface area contributed by atoms with Gasteiger partial charge in [0.05, 0.1) is 6.42 Å². The van der Waals surface area contributed by atoms with Crippen LogP contribution in [0.4, 0.5) is 4.79 Å². The molecule has 8 heteroatoms. The zero-order valence-corrected chi connectivity index (χ0v) is 21.4. The van der Waals surface area contributed by atoms with Crippen LogP contribution in [0, 0.1) is 0 Å². The minimum absolute atomic E-state index is 0.0562. The number of nitrogens with zero attached hydrogens (tertiary/aromatic N) is 3. The standard InChI is InChI=1S/C27H40N4O4/c1-27(2,3)35-26(34)28-23(25(33)31-18-20-9-5-6-10-21(20)19-31)17-24(32)30-15-11-22(12-16-30)29-13-7-4-8-14-29/h5-6,9-10,22-23H,4,7-8,11-19H2,1-3H3,(H,28,34)/t23-/m0/s1. The molecule has 3 aliphatic heterocycles. The number of amides is 3. The van der Waals surface area contributed by atoms with Crippen LogP contribution >= 0.6 is 0 Å². The first-order valence-corrected chi connectivity index (χ1v) is 13.1. The molecule has 0 aromatic heterocycles. The molecule has 0 saturated carbocycles. The first-order chi connectivity index (χ1) is 16.7. The first kappa shape index (κ1) is 25.5. The molecule has 1 aromatic carbocycles. The maximum absolute atomic E-state index is 13.5. The monoisotopic (exact) mass is 484 g/mol. The van der Waals surface area contributed by atoms with Gasteiger partial charge in [-0.15, -0.1) is 0 Å². The number of carbonyl (C=O) groups is 3. The minimum Gasteiger partial charge on any atom is -0.444 e. The highest BCUT2D eigenvalue weighted by Gasteiger charge is 2.35. The van der Waals surface area contributed by atoms with Gasteiger partial charge < -0.3 is 24.8 Å². The largest absolute Gasteiger partial charge is 0.444 e. The number of fused-ring (bicyclic) bond motifs is 1. The number of likely N-dealkylation sites (tertiary alicyclic amines) is 2. The van der Waals surface area contributed by atoms with Crippen LogP contribution in [0.25, 0.3) is 0 Å². The van der Waals surface area contributed by atoms with E-state index in [1.807, 2.05) is 29.2 Å². The summed E-state index contributed by atoms with van der Waals surface area (Å²) in [5.41, 5.74) is 1.51. The predicted octanol–water partition coefficient (Wildman–Crippen LogP) is 3.29. The maximum Gasteiger partial charge on any atom is 0.408 e. The van der Waals surface area contributed by atoms with E-state index in [2.05, 4.69) is 10.2 Å². The van der Waals surface area contributed by atoms with Crippen LogP contribution in [-0.2, 0) is 27.4 Å². The third-order valence-electron chi connectivity index (χ3n) is 7.24. The quantitative estimate of drug-likeness (QED) is 0.694.